The van der Waals surface area contributed by atoms with Crippen LogP contribution in [0, 0.1) is 22.7 Å². The highest BCUT2D eigenvalue weighted by molar-refractivity contribution is 5.91. The molecule has 1 amide bonds. The molecule has 0 saturated heterocycles. The molecule has 0 aliphatic rings. The Morgan fingerprint density at radius 3 is 2.25 bits per heavy atom. The Balaban J connectivity index is 4.54. The zero-order valence-electron chi connectivity index (χ0n) is 6.37. The third-order valence-corrected chi connectivity index (χ3v) is 1.24. The summed E-state index contributed by atoms with van der Waals surface area (Å²) in [6, 6.07) is 2.99. The summed E-state index contributed by atoms with van der Waals surface area (Å²) in [5.41, 5.74) is 8.01. The van der Waals surface area contributed by atoms with Gasteiger partial charge in [-0.2, -0.15) is 10.5 Å². The van der Waals surface area contributed by atoms with Crippen LogP contribution in [0.25, 0.3) is 0 Å². The van der Waals surface area contributed by atoms with E-state index in [0.29, 0.717) is 0 Å². The van der Waals surface area contributed by atoms with Gasteiger partial charge >= 0.3 is 0 Å². The maximum atomic E-state index is 10.7. The van der Waals surface area contributed by atoms with Crippen molar-refractivity contribution in [3.8, 4) is 12.1 Å². The fraction of sp³-hybridized carbons (Fsp3) is 0.500. The zero-order chi connectivity index (χ0) is 9.61. The van der Waals surface area contributed by atoms with Crippen molar-refractivity contribution in [1.82, 2.24) is 5.32 Å². The summed E-state index contributed by atoms with van der Waals surface area (Å²) in [5, 5.41) is 19.4. The molecular formula is C6H9N5O. The van der Waals surface area contributed by atoms with E-state index < -0.39 is 11.4 Å². The first kappa shape index (κ1) is 10.4. The molecule has 6 nitrogen and oxygen atoms in total. The normalized spacial score (nSPS) is 9.92. The van der Waals surface area contributed by atoms with Gasteiger partial charge in [-0.05, 0) is 0 Å². The number of carbonyl (C=O) groups excluding carboxylic acids is 1. The fourth-order valence-electron chi connectivity index (χ4n) is 0.561. The molecule has 6 heteroatoms. The summed E-state index contributed by atoms with van der Waals surface area (Å²) < 4.78 is 0. The van der Waals surface area contributed by atoms with Crippen molar-refractivity contribution in [2.24, 2.45) is 11.5 Å². The van der Waals surface area contributed by atoms with Crippen LogP contribution in [0.4, 0.5) is 0 Å². The van der Waals surface area contributed by atoms with E-state index in [-0.39, 0.29) is 13.1 Å². The van der Waals surface area contributed by atoms with E-state index in [9.17, 15) is 4.79 Å². The number of nitrogens with zero attached hydrogens (tertiary/aromatic N) is 2. The van der Waals surface area contributed by atoms with E-state index >= 15 is 0 Å². The van der Waals surface area contributed by atoms with Gasteiger partial charge in [0.05, 0.1) is 0 Å². The van der Waals surface area contributed by atoms with Crippen LogP contribution in [0.3, 0.4) is 0 Å². The summed E-state index contributed by atoms with van der Waals surface area (Å²) in [6.45, 7) is 0.405. The molecule has 0 aliphatic heterocycles. The second-order valence-electron chi connectivity index (χ2n) is 2.05. The fourth-order valence-corrected chi connectivity index (χ4v) is 0.561. The van der Waals surface area contributed by atoms with Crippen molar-refractivity contribution >= 4 is 5.91 Å². The van der Waals surface area contributed by atoms with Gasteiger partial charge in [0.15, 0.2) is 0 Å². The minimum Gasteiger partial charge on any atom is -0.366 e. The van der Waals surface area contributed by atoms with Crippen LogP contribution >= 0.6 is 0 Å². The van der Waals surface area contributed by atoms with Crippen molar-refractivity contribution in [1.29, 1.82) is 10.5 Å². The summed E-state index contributed by atoms with van der Waals surface area (Å²) in [4.78, 5) is 10.7. The lowest BCUT2D eigenvalue weighted by Crippen LogP contribution is -2.54. The molecule has 0 aromatic rings. The van der Waals surface area contributed by atoms with Crippen molar-refractivity contribution in [3.63, 3.8) is 0 Å². The SMILES string of the molecule is N#CC(C#N)(NCCN)C(N)=O. The molecule has 0 aromatic carbocycles. The number of primary amides is 1. The average Bonchev–Trinajstić information content (AvgIpc) is 2.07. The predicted molar refractivity (Wildman–Crippen MR) is 40.2 cm³/mol. The van der Waals surface area contributed by atoms with Crippen LogP contribution in [0.15, 0.2) is 0 Å². The van der Waals surface area contributed by atoms with Gasteiger partial charge in [0.2, 0.25) is 0 Å². The summed E-state index contributed by atoms with van der Waals surface area (Å²) in [6.07, 6.45) is 0. The van der Waals surface area contributed by atoms with E-state index in [1.807, 2.05) is 0 Å². The quantitative estimate of drug-likeness (QED) is 0.437. The van der Waals surface area contributed by atoms with E-state index in [4.69, 9.17) is 22.0 Å². The summed E-state index contributed by atoms with van der Waals surface area (Å²) in [7, 11) is 0. The largest absolute Gasteiger partial charge is 0.366 e. The summed E-state index contributed by atoms with van der Waals surface area (Å²) in [5.74, 6) is -1.01. The highest BCUT2D eigenvalue weighted by atomic mass is 16.1. The van der Waals surface area contributed by atoms with Crippen LogP contribution in [0.5, 0.6) is 0 Å². The molecule has 0 unspecified atom stereocenters. The maximum Gasteiger partial charge on any atom is 0.272 e. The average molecular weight is 167 g/mol. The standard InChI is InChI=1S/C6H9N5O/c7-1-2-11-6(3-8,4-9)5(10)12/h11H,1-2,7H2,(H2,10,12). The van der Waals surface area contributed by atoms with E-state index in [2.05, 4.69) is 5.32 Å². The van der Waals surface area contributed by atoms with Crippen LogP contribution in [0.1, 0.15) is 0 Å². The van der Waals surface area contributed by atoms with Gasteiger partial charge in [0.1, 0.15) is 12.1 Å². The van der Waals surface area contributed by atoms with E-state index in [1.54, 1.807) is 0 Å². The van der Waals surface area contributed by atoms with Gasteiger partial charge in [-0.3, -0.25) is 10.1 Å². The minimum absolute atomic E-state index is 0.185. The molecule has 0 saturated carbocycles. The molecule has 0 aromatic heterocycles. The zero-order valence-corrected chi connectivity index (χ0v) is 6.37. The van der Waals surface area contributed by atoms with E-state index in [0.717, 1.165) is 0 Å². The lowest BCUT2D eigenvalue weighted by atomic mass is 10.0. The predicted octanol–water partition coefficient (Wildman–Crippen LogP) is -2.19. The number of amides is 1. The first-order chi connectivity index (χ1) is 5.63. The molecule has 64 valence electrons. The highest BCUT2D eigenvalue weighted by Crippen LogP contribution is 1.98. The molecule has 0 aliphatic carbocycles. The van der Waals surface area contributed by atoms with Crippen LogP contribution in [0.2, 0.25) is 0 Å². The van der Waals surface area contributed by atoms with Gasteiger partial charge < -0.3 is 11.5 Å². The lowest BCUT2D eigenvalue weighted by molar-refractivity contribution is -0.120. The monoisotopic (exact) mass is 167 g/mol. The van der Waals surface area contributed by atoms with Crippen molar-refractivity contribution in [3.05, 3.63) is 0 Å². The number of nitriles is 2. The molecule has 0 rings (SSSR count). The smallest absolute Gasteiger partial charge is 0.272 e. The van der Waals surface area contributed by atoms with Crippen LogP contribution in [-0.2, 0) is 4.79 Å². The molecule has 0 fully saturated rings. The Morgan fingerprint density at radius 1 is 1.50 bits per heavy atom. The molecule has 5 N–H and O–H groups in total. The lowest BCUT2D eigenvalue weighted by Gasteiger charge is -2.14. The van der Waals surface area contributed by atoms with Gasteiger partial charge in [-0.25, -0.2) is 0 Å². The van der Waals surface area contributed by atoms with Crippen molar-refractivity contribution in [2.75, 3.05) is 13.1 Å². The van der Waals surface area contributed by atoms with Gasteiger partial charge in [0, 0.05) is 13.1 Å². The second kappa shape index (κ2) is 4.29. The Hall–Kier alpha value is -1.63. The van der Waals surface area contributed by atoms with Gasteiger partial charge in [-0.15, -0.1) is 0 Å². The Bertz CT molecular complexity index is 234. The topological polar surface area (TPSA) is 129 Å². The third kappa shape index (κ3) is 1.92. The number of hydrogen-bond donors (Lipinski definition) is 3. The number of nitrogens with one attached hydrogen (secondary N) is 1. The first-order valence-corrected chi connectivity index (χ1v) is 3.20. The van der Waals surface area contributed by atoms with Crippen LogP contribution < -0.4 is 16.8 Å². The molecule has 12 heavy (non-hydrogen) atoms. The molecule has 0 heterocycles. The molecular weight excluding hydrogens is 158 g/mol. The Kier molecular flexibility index (Phi) is 3.71. The van der Waals surface area contributed by atoms with Crippen molar-refractivity contribution in [2.45, 2.75) is 5.54 Å². The third-order valence-electron chi connectivity index (χ3n) is 1.24. The molecule has 0 spiro atoms. The number of rotatable bonds is 4. The molecule has 0 radical (unpaired) electrons. The van der Waals surface area contributed by atoms with Crippen molar-refractivity contribution < 1.29 is 4.79 Å². The number of nitrogens with two attached hydrogens (primary N) is 2. The highest BCUT2D eigenvalue weighted by Gasteiger charge is 2.36. The number of hydrogen-bond acceptors (Lipinski definition) is 5. The molecule has 0 atom stereocenters. The van der Waals surface area contributed by atoms with Gasteiger partial charge in [0.25, 0.3) is 11.4 Å². The Labute approximate surface area is 69.7 Å². The number of carbonyl (C=O) groups is 1. The first-order valence-electron chi connectivity index (χ1n) is 3.20. The van der Waals surface area contributed by atoms with E-state index in [1.165, 1.54) is 12.1 Å². The van der Waals surface area contributed by atoms with Gasteiger partial charge in [-0.1, -0.05) is 0 Å². The minimum atomic E-state index is -1.95. The maximum absolute atomic E-state index is 10.7. The molecule has 0 bridgehead atoms. The summed E-state index contributed by atoms with van der Waals surface area (Å²) >= 11 is 0. The second-order valence-corrected chi connectivity index (χ2v) is 2.05. The Morgan fingerprint density at radius 2 is 2.00 bits per heavy atom. The van der Waals surface area contributed by atoms with Crippen LogP contribution in [-0.4, -0.2) is 24.5 Å².